The number of esters is 1. The monoisotopic (exact) mass is 427 g/mol. The van der Waals surface area contributed by atoms with E-state index in [4.69, 9.17) is 18.9 Å². The van der Waals surface area contributed by atoms with Crippen molar-refractivity contribution in [1.82, 2.24) is 0 Å². The SMILES string of the molecule is COc1cc(OC)c(OC)cc1/C=C/C(=O)OCC(=O)Nc1c(C)cccc1C(C)C. The molecule has 166 valence electrons. The molecule has 2 rings (SSSR count). The van der Waals surface area contributed by atoms with Crippen LogP contribution in [0.15, 0.2) is 36.4 Å². The second kappa shape index (κ2) is 11.1. The number of hydrogen-bond acceptors (Lipinski definition) is 6. The molecule has 0 saturated carbocycles. The van der Waals surface area contributed by atoms with Crippen molar-refractivity contribution >= 4 is 23.6 Å². The number of anilines is 1. The molecule has 0 heterocycles. The van der Waals surface area contributed by atoms with E-state index in [0.717, 1.165) is 16.8 Å². The van der Waals surface area contributed by atoms with E-state index in [-0.39, 0.29) is 5.92 Å². The molecular formula is C24H29NO6. The highest BCUT2D eigenvalue weighted by atomic mass is 16.5. The van der Waals surface area contributed by atoms with Crippen LogP contribution >= 0.6 is 0 Å². The summed E-state index contributed by atoms with van der Waals surface area (Å²) >= 11 is 0. The summed E-state index contributed by atoms with van der Waals surface area (Å²) in [6, 6.07) is 9.18. The van der Waals surface area contributed by atoms with Gasteiger partial charge in [0.2, 0.25) is 0 Å². The molecule has 1 amide bonds. The van der Waals surface area contributed by atoms with E-state index in [0.29, 0.717) is 22.8 Å². The summed E-state index contributed by atoms with van der Waals surface area (Å²) in [6.07, 6.45) is 2.75. The minimum Gasteiger partial charge on any atom is -0.496 e. The summed E-state index contributed by atoms with van der Waals surface area (Å²) in [7, 11) is 4.55. The summed E-state index contributed by atoms with van der Waals surface area (Å²) in [4.78, 5) is 24.4. The maximum absolute atomic E-state index is 12.3. The highest BCUT2D eigenvalue weighted by molar-refractivity contribution is 5.96. The smallest absolute Gasteiger partial charge is 0.331 e. The molecule has 7 heteroatoms. The first-order chi connectivity index (χ1) is 14.8. The molecule has 1 N–H and O–H groups in total. The van der Waals surface area contributed by atoms with Crippen molar-refractivity contribution in [2.24, 2.45) is 0 Å². The zero-order valence-electron chi connectivity index (χ0n) is 18.8. The van der Waals surface area contributed by atoms with Crippen LogP contribution in [0, 0.1) is 6.92 Å². The van der Waals surface area contributed by atoms with E-state index >= 15 is 0 Å². The van der Waals surface area contributed by atoms with Crippen molar-refractivity contribution in [2.75, 3.05) is 33.3 Å². The number of benzene rings is 2. The van der Waals surface area contributed by atoms with Crippen LogP contribution in [0.5, 0.6) is 17.2 Å². The van der Waals surface area contributed by atoms with Crippen LogP contribution in [-0.2, 0) is 14.3 Å². The van der Waals surface area contributed by atoms with Crippen LogP contribution in [0.1, 0.15) is 36.5 Å². The Hall–Kier alpha value is -3.48. The van der Waals surface area contributed by atoms with E-state index in [1.807, 2.05) is 25.1 Å². The zero-order valence-corrected chi connectivity index (χ0v) is 18.8. The largest absolute Gasteiger partial charge is 0.496 e. The Kier molecular flexibility index (Phi) is 8.49. The normalized spacial score (nSPS) is 10.8. The van der Waals surface area contributed by atoms with Crippen LogP contribution in [-0.4, -0.2) is 39.8 Å². The highest BCUT2D eigenvalue weighted by Gasteiger charge is 2.14. The summed E-state index contributed by atoms with van der Waals surface area (Å²) in [5, 5.41) is 2.84. The van der Waals surface area contributed by atoms with Gasteiger partial charge in [-0.15, -0.1) is 0 Å². The molecule has 0 unspecified atom stereocenters. The van der Waals surface area contributed by atoms with Gasteiger partial charge in [-0.25, -0.2) is 4.79 Å². The molecule has 0 aliphatic heterocycles. The lowest BCUT2D eigenvalue weighted by Gasteiger charge is -2.16. The molecule has 7 nitrogen and oxygen atoms in total. The molecule has 0 aliphatic carbocycles. The topological polar surface area (TPSA) is 83.1 Å². The van der Waals surface area contributed by atoms with Gasteiger partial charge in [-0.1, -0.05) is 32.0 Å². The zero-order chi connectivity index (χ0) is 23.0. The van der Waals surface area contributed by atoms with E-state index in [1.165, 1.54) is 33.5 Å². The van der Waals surface area contributed by atoms with Gasteiger partial charge in [0.15, 0.2) is 18.1 Å². The Morgan fingerprint density at radius 1 is 1.00 bits per heavy atom. The molecule has 0 spiro atoms. The minimum atomic E-state index is -0.652. The lowest BCUT2D eigenvalue weighted by atomic mass is 9.98. The average Bonchev–Trinajstić information content (AvgIpc) is 2.76. The molecule has 31 heavy (non-hydrogen) atoms. The molecule has 0 aliphatic rings. The molecule has 0 aromatic heterocycles. The summed E-state index contributed by atoms with van der Waals surface area (Å²) in [5.41, 5.74) is 3.33. The van der Waals surface area contributed by atoms with E-state index in [9.17, 15) is 9.59 Å². The number of carbonyl (C=O) groups is 2. The first kappa shape index (κ1) is 23.8. The average molecular weight is 427 g/mol. The van der Waals surface area contributed by atoms with Crippen molar-refractivity contribution in [2.45, 2.75) is 26.7 Å². The molecule has 2 aromatic carbocycles. The minimum absolute atomic E-state index is 0.247. The Balaban J connectivity index is 2.03. The van der Waals surface area contributed by atoms with Gasteiger partial charge in [-0.05, 0) is 36.1 Å². The van der Waals surface area contributed by atoms with Gasteiger partial charge in [0.1, 0.15) is 5.75 Å². The molecule has 0 radical (unpaired) electrons. The predicted octanol–water partition coefficient (Wildman–Crippen LogP) is 4.34. The number of para-hydroxylation sites is 1. The first-order valence-electron chi connectivity index (χ1n) is 9.84. The van der Waals surface area contributed by atoms with Crippen molar-refractivity contribution in [1.29, 1.82) is 0 Å². The standard InChI is InChI=1S/C24H29NO6/c1-15(2)18-9-7-8-16(3)24(18)25-22(26)14-31-23(27)11-10-17-12-20(29-5)21(30-6)13-19(17)28-4/h7-13,15H,14H2,1-6H3,(H,25,26)/b11-10+. The summed E-state index contributed by atoms with van der Waals surface area (Å²) in [6.45, 7) is 5.64. The van der Waals surface area contributed by atoms with Crippen LogP contribution < -0.4 is 19.5 Å². The maximum Gasteiger partial charge on any atom is 0.331 e. The second-order valence-corrected chi connectivity index (χ2v) is 7.13. The highest BCUT2D eigenvalue weighted by Crippen LogP contribution is 2.35. The molecule has 0 fully saturated rings. The van der Waals surface area contributed by atoms with E-state index in [2.05, 4.69) is 19.2 Å². The quantitative estimate of drug-likeness (QED) is 0.474. The van der Waals surface area contributed by atoms with Crippen LogP contribution in [0.3, 0.4) is 0 Å². The van der Waals surface area contributed by atoms with Crippen LogP contribution in [0.25, 0.3) is 6.08 Å². The molecule has 0 bridgehead atoms. The third-order valence-corrected chi connectivity index (χ3v) is 4.67. The van der Waals surface area contributed by atoms with Gasteiger partial charge in [-0.2, -0.15) is 0 Å². The van der Waals surface area contributed by atoms with Crippen molar-refractivity contribution in [3.63, 3.8) is 0 Å². The third kappa shape index (κ3) is 6.25. The van der Waals surface area contributed by atoms with Crippen LogP contribution in [0.2, 0.25) is 0 Å². The number of methoxy groups -OCH3 is 3. The van der Waals surface area contributed by atoms with Gasteiger partial charge < -0.3 is 24.3 Å². The van der Waals surface area contributed by atoms with Gasteiger partial charge in [0.25, 0.3) is 5.91 Å². The second-order valence-electron chi connectivity index (χ2n) is 7.13. The maximum atomic E-state index is 12.3. The number of aryl methyl sites for hydroxylation is 1. The van der Waals surface area contributed by atoms with Gasteiger partial charge in [0.05, 0.1) is 21.3 Å². The van der Waals surface area contributed by atoms with Gasteiger partial charge in [-0.3, -0.25) is 4.79 Å². The Morgan fingerprint density at radius 2 is 1.65 bits per heavy atom. The fourth-order valence-electron chi connectivity index (χ4n) is 3.04. The molecule has 0 saturated heterocycles. The lowest BCUT2D eigenvalue weighted by Crippen LogP contribution is -2.21. The molecular weight excluding hydrogens is 398 g/mol. The van der Waals surface area contributed by atoms with Crippen LogP contribution in [0.4, 0.5) is 5.69 Å². The number of hydrogen-bond donors (Lipinski definition) is 1. The Bertz CT molecular complexity index is 965. The number of carbonyl (C=O) groups excluding carboxylic acids is 2. The number of nitrogens with one attached hydrogen (secondary N) is 1. The fourth-order valence-corrected chi connectivity index (χ4v) is 3.04. The Morgan fingerprint density at radius 3 is 2.26 bits per heavy atom. The van der Waals surface area contributed by atoms with E-state index in [1.54, 1.807) is 12.1 Å². The van der Waals surface area contributed by atoms with Crippen molar-refractivity contribution in [3.8, 4) is 17.2 Å². The number of ether oxygens (including phenoxy) is 4. The number of amides is 1. The van der Waals surface area contributed by atoms with Gasteiger partial charge in [0, 0.05) is 23.4 Å². The first-order valence-corrected chi connectivity index (χ1v) is 9.84. The van der Waals surface area contributed by atoms with Gasteiger partial charge >= 0.3 is 5.97 Å². The fraction of sp³-hybridized carbons (Fsp3) is 0.333. The predicted molar refractivity (Wildman–Crippen MR) is 120 cm³/mol. The number of rotatable bonds is 9. The molecule has 0 atom stereocenters. The van der Waals surface area contributed by atoms with Crippen molar-refractivity contribution < 1.29 is 28.5 Å². The van der Waals surface area contributed by atoms with Crippen molar-refractivity contribution in [3.05, 3.63) is 53.1 Å². The Labute approximate surface area is 183 Å². The lowest BCUT2D eigenvalue weighted by molar-refractivity contribution is -0.142. The molecule has 2 aromatic rings. The van der Waals surface area contributed by atoms with E-state index < -0.39 is 18.5 Å². The summed E-state index contributed by atoms with van der Waals surface area (Å²) < 4.78 is 20.9. The third-order valence-electron chi connectivity index (χ3n) is 4.67. The summed E-state index contributed by atoms with van der Waals surface area (Å²) in [5.74, 6) is 0.697.